The van der Waals surface area contributed by atoms with Crippen molar-refractivity contribution in [1.29, 1.82) is 0 Å². The summed E-state index contributed by atoms with van der Waals surface area (Å²) in [5, 5.41) is 8.43. The average molecular weight is 273 g/mol. The molecule has 0 saturated heterocycles. The lowest BCUT2D eigenvalue weighted by Gasteiger charge is -2.30. The zero-order chi connectivity index (χ0) is 11.9. The Bertz CT molecular complexity index is 426. The molecule has 0 aliphatic heterocycles. The molecule has 1 aliphatic rings. The molecule has 0 bridgehead atoms. The normalized spacial score (nSPS) is 32.1. The van der Waals surface area contributed by atoms with Crippen LogP contribution in [0.1, 0.15) is 13.3 Å². The predicted molar refractivity (Wildman–Crippen MR) is 58.9 cm³/mol. The Hall–Kier alpha value is -0.230. The Labute approximate surface area is 97.9 Å². The molecular formula is C8H10Cl2O4S. The van der Waals surface area contributed by atoms with Gasteiger partial charge in [0.1, 0.15) is 16.0 Å². The third-order valence-electron chi connectivity index (χ3n) is 2.25. The van der Waals surface area contributed by atoms with Crippen molar-refractivity contribution in [1.82, 2.24) is 0 Å². The summed E-state index contributed by atoms with van der Waals surface area (Å²) in [6.45, 7) is 1.75. The van der Waals surface area contributed by atoms with Crippen LogP contribution in [0.25, 0.3) is 0 Å². The molecule has 0 fully saturated rings. The second-order valence-electron chi connectivity index (χ2n) is 3.20. The number of halogens is 2. The Kier molecular flexibility index (Phi) is 3.40. The number of allylic oxidation sites excluding steroid dienone is 3. The van der Waals surface area contributed by atoms with Crippen molar-refractivity contribution in [3.63, 3.8) is 0 Å². The van der Waals surface area contributed by atoms with Gasteiger partial charge in [-0.1, -0.05) is 13.0 Å². The van der Waals surface area contributed by atoms with Crippen LogP contribution in [-0.2, 0) is 10.1 Å². The molecular weight excluding hydrogens is 263 g/mol. The third-order valence-corrected chi connectivity index (χ3v) is 4.47. The highest BCUT2D eigenvalue weighted by molar-refractivity contribution is 7.90. The van der Waals surface area contributed by atoms with Gasteiger partial charge in [0.15, 0.2) is 0 Å². The molecule has 0 aromatic carbocycles. The van der Waals surface area contributed by atoms with Crippen LogP contribution < -0.4 is 0 Å². The van der Waals surface area contributed by atoms with Gasteiger partial charge in [-0.3, -0.25) is 4.55 Å². The quantitative estimate of drug-likeness (QED) is 0.597. The van der Waals surface area contributed by atoms with Gasteiger partial charge >= 0.3 is 0 Å². The second kappa shape index (κ2) is 3.97. The first-order valence-electron chi connectivity index (χ1n) is 4.15. The van der Waals surface area contributed by atoms with E-state index in [1.54, 1.807) is 6.92 Å². The molecule has 0 radical (unpaired) electrons. The van der Waals surface area contributed by atoms with Crippen LogP contribution in [0.4, 0.5) is 0 Å². The maximum absolute atomic E-state index is 10.8. The molecule has 2 atom stereocenters. The molecule has 2 N–H and O–H groups in total. The van der Waals surface area contributed by atoms with E-state index in [0.29, 0.717) is 6.42 Å². The predicted octanol–water partition coefficient (Wildman–Crippen LogP) is 2.21. The molecule has 7 heteroatoms. The molecule has 0 amide bonds. The Balaban J connectivity index is 3.25. The molecule has 0 aromatic heterocycles. The minimum absolute atomic E-state index is 0.419. The van der Waals surface area contributed by atoms with Gasteiger partial charge in [0.25, 0.3) is 10.1 Å². The van der Waals surface area contributed by atoms with Gasteiger partial charge in [-0.25, -0.2) is 0 Å². The van der Waals surface area contributed by atoms with Gasteiger partial charge in [0.05, 0.1) is 4.87 Å². The van der Waals surface area contributed by atoms with Crippen LogP contribution >= 0.6 is 23.2 Å². The van der Waals surface area contributed by atoms with Crippen LogP contribution in [0.2, 0.25) is 0 Å². The van der Waals surface area contributed by atoms with Gasteiger partial charge in [-0.05, 0) is 12.5 Å². The summed E-state index contributed by atoms with van der Waals surface area (Å²) < 4.78 is 30.4. The van der Waals surface area contributed by atoms with Crippen molar-refractivity contribution >= 4 is 33.3 Å². The van der Waals surface area contributed by atoms with E-state index in [4.69, 9.17) is 27.8 Å². The topological polar surface area (TPSA) is 74.6 Å². The largest absolute Gasteiger partial charge is 0.509 e. The van der Waals surface area contributed by atoms with Crippen LogP contribution in [0.3, 0.4) is 0 Å². The summed E-state index contributed by atoms with van der Waals surface area (Å²) in [6, 6.07) is 0. The fourth-order valence-electron chi connectivity index (χ4n) is 1.25. The molecule has 2 unspecified atom stereocenters. The third kappa shape index (κ3) is 2.30. The summed E-state index contributed by atoms with van der Waals surface area (Å²) >= 11 is 11.8. The zero-order valence-electron chi connectivity index (χ0n) is 7.81. The summed E-state index contributed by atoms with van der Waals surface area (Å²) in [6.07, 6.45) is 2.83. The molecule has 0 spiro atoms. The SMILES string of the molecule is CCC1(Cl)C=CC(S(=O)(=O)O)=C(O)C1Cl. The van der Waals surface area contributed by atoms with E-state index in [1.807, 2.05) is 0 Å². The van der Waals surface area contributed by atoms with Gasteiger partial charge < -0.3 is 5.11 Å². The van der Waals surface area contributed by atoms with Crippen molar-refractivity contribution in [3.8, 4) is 0 Å². The monoisotopic (exact) mass is 272 g/mol. The first kappa shape index (κ1) is 12.8. The molecule has 0 aromatic rings. The van der Waals surface area contributed by atoms with Crippen LogP contribution in [-0.4, -0.2) is 28.3 Å². The van der Waals surface area contributed by atoms with E-state index >= 15 is 0 Å². The van der Waals surface area contributed by atoms with Gasteiger partial charge in [0.2, 0.25) is 0 Å². The van der Waals surface area contributed by atoms with Crippen molar-refractivity contribution in [3.05, 3.63) is 22.8 Å². The summed E-state index contributed by atoms with van der Waals surface area (Å²) in [5.41, 5.74) is 0. The number of aliphatic hydroxyl groups excluding tert-OH is 1. The molecule has 1 aliphatic carbocycles. The van der Waals surface area contributed by atoms with E-state index < -0.39 is 31.0 Å². The van der Waals surface area contributed by atoms with Crippen LogP contribution in [0.15, 0.2) is 22.8 Å². The molecule has 0 heterocycles. The minimum Gasteiger partial charge on any atom is -0.509 e. The van der Waals surface area contributed by atoms with Gasteiger partial charge in [-0.15, -0.1) is 23.2 Å². The number of hydrogen-bond acceptors (Lipinski definition) is 3. The smallest absolute Gasteiger partial charge is 0.297 e. The maximum atomic E-state index is 10.8. The maximum Gasteiger partial charge on any atom is 0.297 e. The van der Waals surface area contributed by atoms with Crippen LogP contribution in [0, 0.1) is 0 Å². The Morgan fingerprint density at radius 2 is 2.13 bits per heavy atom. The average Bonchev–Trinajstić information content (AvgIpc) is 2.12. The number of alkyl halides is 2. The van der Waals surface area contributed by atoms with Crippen molar-refractivity contribution in [2.75, 3.05) is 0 Å². The van der Waals surface area contributed by atoms with Gasteiger partial charge in [-0.2, -0.15) is 8.42 Å². The Morgan fingerprint density at radius 3 is 2.53 bits per heavy atom. The number of rotatable bonds is 2. The highest BCUT2D eigenvalue weighted by Gasteiger charge is 2.40. The first-order chi connectivity index (χ1) is 6.72. The molecule has 1 rings (SSSR count). The zero-order valence-corrected chi connectivity index (χ0v) is 10.1. The summed E-state index contributed by atoms with van der Waals surface area (Å²) in [5.74, 6) is -0.626. The van der Waals surface area contributed by atoms with E-state index in [0.717, 1.165) is 6.08 Å². The summed E-state index contributed by atoms with van der Waals surface area (Å²) in [4.78, 5) is -1.63. The van der Waals surface area contributed by atoms with Crippen LogP contribution in [0.5, 0.6) is 0 Å². The van der Waals surface area contributed by atoms with E-state index in [9.17, 15) is 13.5 Å². The lowest BCUT2D eigenvalue weighted by molar-refractivity contribution is 0.367. The first-order valence-corrected chi connectivity index (χ1v) is 6.40. The molecule has 0 saturated carbocycles. The fraction of sp³-hybridized carbons (Fsp3) is 0.500. The lowest BCUT2D eigenvalue weighted by atomic mass is 9.95. The Morgan fingerprint density at radius 1 is 1.60 bits per heavy atom. The van der Waals surface area contributed by atoms with Crippen molar-refractivity contribution in [2.24, 2.45) is 0 Å². The molecule has 15 heavy (non-hydrogen) atoms. The van der Waals surface area contributed by atoms with E-state index in [2.05, 4.69) is 0 Å². The summed E-state index contributed by atoms with van der Waals surface area (Å²) in [7, 11) is -4.47. The standard InChI is InChI=1S/C8H10Cl2O4S/c1-2-8(10)4-3-5(15(12,13)14)6(11)7(8)9/h3-4,7,11H,2H2,1H3,(H,12,13,14). The minimum atomic E-state index is -4.47. The second-order valence-corrected chi connectivity index (χ2v) is 5.73. The molecule has 4 nitrogen and oxygen atoms in total. The van der Waals surface area contributed by atoms with Gasteiger partial charge in [0, 0.05) is 0 Å². The number of aliphatic hydroxyl groups is 1. The number of hydrogen-bond donors (Lipinski definition) is 2. The molecule has 86 valence electrons. The van der Waals surface area contributed by atoms with E-state index in [-0.39, 0.29) is 0 Å². The van der Waals surface area contributed by atoms with Crippen molar-refractivity contribution in [2.45, 2.75) is 23.6 Å². The fourth-order valence-corrected chi connectivity index (χ4v) is 2.45. The lowest BCUT2D eigenvalue weighted by Crippen LogP contribution is -2.35. The van der Waals surface area contributed by atoms with Crippen molar-refractivity contribution < 1.29 is 18.1 Å². The van der Waals surface area contributed by atoms with E-state index in [1.165, 1.54) is 6.08 Å². The highest BCUT2D eigenvalue weighted by Crippen LogP contribution is 2.39. The highest BCUT2D eigenvalue weighted by atomic mass is 35.5.